The first-order valence-corrected chi connectivity index (χ1v) is 7.95. The van der Waals surface area contributed by atoms with Gasteiger partial charge in [0.05, 0.1) is 0 Å². The summed E-state index contributed by atoms with van der Waals surface area (Å²) in [5, 5.41) is 12.2. The number of piperidine rings is 1. The Labute approximate surface area is 130 Å². The number of anilines is 2. The first kappa shape index (κ1) is 15.0. The van der Waals surface area contributed by atoms with Crippen molar-refractivity contribution in [2.24, 2.45) is 0 Å². The molecule has 120 valence electrons. The molecule has 2 saturated heterocycles. The van der Waals surface area contributed by atoms with Crippen LogP contribution in [0.15, 0.2) is 6.07 Å². The molecule has 0 amide bonds. The average Bonchev–Trinajstić information content (AvgIpc) is 2.55. The molecule has 1 aromatic heterocycles. The van der Waals surface area contributed by atoms with E-state index in [4.69, 9.17) is 4.98 Å². The van der Waals surface area contributed by atoms with Gasteiger partial charge in [0.15, 0.2) is 0 Å². The second-order valence-corrected chi connectivity index (χ2v) is 6.01. The van der Waals surface area contributed by atoms with Gasteiger partial charge in [0.2, 0.25) is 5.95 Å². The SMILES string of the molecule is Cc1cc(N2CCN[C@H](C(=O)O)C2)nc(N2CCCCC2)n1. The Hall–Kier alpha value is -1.89. The van der Waals surface area contributed by atoms with Gasteiger partial charge in [0.1, 0.15) is 11.9 Å². The van der Waals surface area contributed by atoms with Crippen molar-refractivity contribution in [3.05, 3.63) is 11.8 Å². The molecule has 2 aliphatic heterocycles. The number of aromatic nitrogens is 2. The van der Waals surface area contributed by atoms with Crippen molar-refractivity contribution in [2.45, 2.75) is 32.2 Å². The predicted molar refractivity (Wildman–Crippen MR) is 84.5 cm³/mol. The van der Waals surface area contributed by atoms with Crippen LogP contribution in [-0.2, 0) is 4.79 Å². The van der Waals surface area contributed by atoms with Crippen LogP contribution >= 0.6 is 0 Å². The van der Waals surface area contributed by atoms with Crippen molar-refractivity contribution in [3.63, 3.8) is 0 Å². The van der Waals surface area contributed by atoms with E-state index >= 15 is 0 Å². The summed E-state index contributed by atoms with van der Waals surface area (Å²) in [5.74, 6) is 0.799. The molecule has 1 aromatic rings. The molecular formula is C15H23N5O2. The van der Waals surface area contributed by atoms with Gasteiger partial charge in [-0.15, -0.1) is 0 Å². The van der Waals surface area contributed by atoms with Crippen LogP contribution in [0.25, 0.3) is 0 Å². The summed E-state index contributed by atoms with van der Waals surface area (Å²) in [5.41, 5.74) is 0.927. The van der Waals surface area contributed by atoms with Gasteiger partial charge in [-0.05, 0) is 26.2 Å². The third-order valence-corrected chi connectivity index (χ3v) is 4.27. The first-order valence-electron chi connectivity index (χ1n) is 7.95. The van der Waals surface area contributed by atoms with Gasteiger partial charge in [0.25, 0.3) is 0 Å². The average molecular weight is 305 g/mol. The van der Waals surface area contributed by atoms with Gasteiger partial charge < -0.3 is 20.2 Å². The number of aryl methyl sites for hydroxylation is 1. The lowest BCUT2D eigenvalue weighted by molar-refractivity contribution is -0.139. The summed E-state index contributed by atoms with van der Waals surface area (Å²) < 4.78 is 0. The monoisotopic (exact) mass is 305 g/mol. The number of nitrogens with one attached hydrogen (secondary N) is 1. The molecule has 1 atom stereocenters. The van der Waals surface area contributed by atoms with E-state index in [1.54, 1.807) is 0 Å². The highest BCUT2D eigenvalue weighted by atomic mass is 16.4. The van der Waals surface area contributed by atoms with Crippen LogP contribution in [0.5, 0.6) is 0 Å². The van der Waals surface area contributed by atoms with Crippen molar-refractivity contribution >= 4 is 17.7 Å². The van der Waals surface area contributed by atoms with Crippen molar-refractivity contribution < 1.29 is 9.90 Å². The Balaban J connectivity index is 1.80. The van der Waals surface area contributed by atoms with E-state index in [9.17, 15) is 9.90 Å². The molecule has 7 nitrogen and oxygen atoms in total. The maximum atomic E-state index is 11.2. The molecule has 0 aromatic carbocycles. The number of piperazine rings is 1. The third kappa shape index (κ3) is 3.30. The van der Waals surface area contributed by atoms with Crippen LogP contribution in [0.3, 0.4) is 0 Å². The van der Waals surface area contributed by atoms with E-state index in [1.165, 1.54) is 19.3 Å². The van der Waals surface area contributed by atoms with E-state index in [-0.39, 0.29) is 0 Å². The lowest BCUT2D eigenvalue weighted by Gasteiger charge is -2.33. The normalized spacial score (nSPS) is 22.7. The van der Waals surface area contributed by atoms with Gasteiger partial charge in [-0.25, -0.2) is 4.98 Å². The third-order valence-electron chi connectivity index (χ3n) is 4.27. The van der Waals surface area contributed by atoms with E-state index in [2.05, 4.69) is 15.2 Å². The van der Waals surface area contributed by atoms with Crippen LogP contribution in [-0.4, -0.2) is 59.8 Å². The molecule has 3 heterocycles. The topological polar surface area (TPSA) is 81.6 Å². The molecule has 2 fully saturated rings. The number of hydrogen-bond acceptors (Lipinski definition) is 6. The zero-order valence-electron chi connectivity index (χ0n) is 13.0. The van der Waals surface area contributed by atoms with E-state index < -0.39 is 12.0 Å². The number of carboxylic acid groups (broad SMARTS) is 1. The van der Waals surface area contributed by atoms with Gasteiger partial charge in [-0.3, -0.25) is 4.79 Å². The number of nitrogens with zero attached hydrogens (tertiary/aromatic N) is 4. The van der Waals surface area contributed by atoms with E-state index in [0.717, 1.165) is 37.1 Å². The van der Waals surface area contributed by atoms with Crippen molar-refractivity contribution in [2.75, 3.05) is 42.5 Å². The molecule has 0 saturated carbocycles. The minimum atomic E-state index is -0.813. The minimum Gasteiger partial charge on any atom is -0.480 e. The maximum Gasteiger partial charge on any atom is 0.322 e. The van der Waals surface area contributed by atoms with Gasteiger partial charge in [0, 0.05) is 44.5 Å². The Bertz CT molecular complexity index is 545. The Kier molecular flexibility index (Phi) is 4.42. The Morgan fingerprint density at radius 3 is 2.73 bits per heavy atom. The second-order valence-electron chi connectivity index (χ2n) is 6.01. The molecule has 0 unspecified atom stereocenters. The van der Waals surface area contributed by atoms with Gasteiger partial charge >= 0.3 is 5.97 Å². The van der Waals surface area contributed by atoms with Gasteiger partial charge in [-0.1, -0.05) is 0 Å². The number of carbonyl (C=O) groups is 1. The summed E-state index contributed by atoms with van der Waals surface area (Å²) in [6, 6.07) is 1.40. The summed E-state index contributed by atoms with van der Waals surface area (Å²) >= 11 is 0. The smallest absolute Gasteiger partial charge is 0.322 e. The van der Waals surface area contributed by atoms with Crippen LogP contribution in [0.4, 0.5) is 11.8 Å². The molecule has 22 heavy (non-hydrogen) atoms. The highest BCUT2D eigenvalue weighted by Crippen LogP contribution is 2.21. The van der Waals surface area contributed by atoms with Crippen molar-refractivity contribution in [3.8, 4) is 0 Å². The maximum absolute atomic E-state index is 11.2. The lowest BCUT2D eigenvalue weighted by atomic mass is 10.1. The van der Waals surface area contributed by atoms with Crippen LogP contribution in [0.2, 0.25) is 0 Å². The molecule has 0 aliphatic carbocycles. The molecule has 3 rings (SSSR count). The molecule has 7 heteroatoms. The largest absolute Gasteiger partial charge is 0.480 e. The molecule has 0 bridgehead atoms. The molecule has 0 radical (unpaired) electrons. The Morgan fingerprint density at radius 1 is 1.23 bits per heavy atom. The summed E-state index contributed by atoms with van der Waals surface area (Å²) in [6.07, 6.45) is 3.63. The number of aliphatic carboxylic acids is 1. The molecule has 0 spiro atoms. The highest BCUT2D eigenvalue weighted by molar-refractivity contribution is 5.74. The van der Waals surface area contributed by atoms with Crippen molar-refractivity contribution in [1.82, 2.24) is 15.3 Å². The molecule has 2 N–H and O–H groups in total. The highest BCUT2D eigenvalue weighted by Gasteiger charge is 2.26. The summed E-state index contributed by atoms with van der Waals surface area (Å²) in [6.45, 7) is 5.82. The van der Waals surface area contributed by atoms with E-state index in [0.29, 0.717) is 13.1 Å². The Morgan fingerprint density at radius 2 is 2.00 bits per heavy atom. The number of carboxylic acids is 1. The number of rotatable bonds is 3. The second kappa shape index (κ2) is 6.48. The molecular weight excluding hydrogens is 282 g/mol. The molecule has 2 aliphatic rings. The zero-order valence-corrected chi connectivity index (χ0v) is 13.0. The minimum absolute atomic E-state index is 0.436. The summed E-state index contributed by atoms with van der Waals surface area (Å²) in [4.78, 5) is 24.7. The van der Waals surface area contributed by atoms with Crippen LogP contribution in [0.1, 0.15) is 25.0 Å². The summed E-state index contributed by atoms with van der Waals surface area (Å²) in [7, 11) is 0. The fourth-order valence-corrected chi connectivity index (χ4v) is 3.06. The zero-order chi connectivity index (χ0) is 15.5. The standard InChI is InChI=1S/C15H23N5O2/c1-11-9-13(20-8-5-16-12(10-20)14(21)22)18-15(17-11)19-6-3-2-4-7-19/h9,12,16H,2-8,10H2,1H3,(H,21,22)/t12-/m0/s1. The quantitative estimate of drug-likeness (QED) is 0.848. The van der Waals surface area contributed by atoms with Crippen LogP contribution < -0.4 is 15.1 Å². The van der Waals surface area contributed by atoms with E-state index in [1.807, 2.05) is 17.9 Å². The fourth-order valence-electron chi connectivity index (χ4n) is 3.06. The predicted octanol–water partition coefficient (Wildman–Crippen LogP) is 0.638. The van der Waals surface area contributed by atoms with Crippen LogP contribution in [0, 0.1) is 6.92 Å². The first-order chi connectivity index (χ1) is 10.6. The van der Waals surface area contributed by atoms with Gasteiger partial charge in [-0.2, -0.15) is 4.98 Å². The fraction of sp³-hybridized carbons (Fsp3) is 0.667. The van der Waals surface area contributed by atoms with Crippen molar-refractivity contribution in [1.29, 1.82) is 0 Å². The number of hydrogen-bond donors (Lipinski definition) is 2. The lowest BCUT2D eigenvalue weighted by Crippen LogP contribution is -2.54.